The zero-order chi connectivity index (χ0) is 15.4. The van der Waals surface area contributed by atoms with Crippen LogP contribution in [0.2, 0.25) is 5.02 Å². The van der Waals surface area contributed by atoms with Crippen molar-refractivity contribution in [3.63, 3.8) is 0 Å². The predicted octanol–water partition coefficient (Wildman–Crippen LogP) is 4.50. The Kier molecular flexibility index (Phi) is 4.91. The van der Waals surface area contributed by atoms with Crippen molar-refractivity contribution in [2.45, 2.75) is 19.4 Å². The Morgan fingerprint density at radius 1 is 1.19 bits per heavy atom. The highest BCUT2D eigenvalue weighted by Gasteiger charge is 2.17. The fourth-order valence-corrected chi connectivity index (χ4v) is 2.15. The van der Waals surface area contributed by atoms with E-state index >= 15 is 0 Å². The summed E-state index contributed by atoms with van der Waals surface area (Å²) in [5.41, 5.74) is 0.696. The Morgan fingerprint density at radius 2 is 1.86 bits per heavy atom. The van der Waals surface area contributed by atoms with Gasteiger partial charge in [-0.25, -0.2) is 8.78 Å². The molecule has 0 aromatic heterocycles. The van der Waals surface area contributed by atoms with Gasteiger partial charge in [-0.05, 0) is 36.2 Å². The third-order valence-electron chi connectivity index (χ3n) is 3.16. The molecule has 0 spiro atoms. The van der Waals surface area contributed by atoms with Crippen LogP contribution in [0.15, 0.2) is 42.5 Å². The lowest BCUT2D eigenvalue weighted by molar-refractivity contribution is 0.0931. The number of amides is 1. The van der Waals surface area contributed by atoms with E-state index in [1.54, 1.807) is 24.3 Å². The summed E-state index contributed by atoms with van der Waals surface area (Å²) in [6.45, 7) is 1.90. The van der Waals surface area contributed by atoms with Crippen LogP contribution in [-0.4, -0.2) is 5.91 Å². The van der Waals surface area contributed by atoms with Crippen molar-refractivity contribution in [1.82, 2.24) is 5.32 Å². The third-order valence-corrected chi connectivity index (χ3v) is 3.41. The highest BCUT2D eigenvalue weighted by molar-refractivity contribution is 6.30. The van der Waals surface area contributed by atoms with Crippen LogP contribution in [0.25, 0.3) is 0 Å². The standard InChI is InChI=1S/C16H14ClF2NO/c1-2-15(10-3-5-11(17)6-4-10)20-16(21)13-8-7-12(18)9-14(13)19/h3-9,15H,2H2,1H3,(H,20,21). The SMILES string of the molecule is CCC(NC(=O)c1ccc(F)cc1F)c1ccc(Cl)cc1. The molecule has 1 atom stereocenters. The van der Waals surface area contributed by atoms with E-state index in [-0.39, 0.29) is 11.6 Å². The Morgan fingerprint density at radius 3 is 2.43 bits per heavy atom. The van der Waals surface area contributed by atoms with Gasteiger partial charge in [0.1, 0.15) is 11.6 Å². The van der Waals surface area contributed by atoms with Crippen molar-refractivity contribution >= 4 is 17.5 Å². The van der Waals surface area contributed by atoms with Crippen molar-refractivity contribution < 1.29 is 13.6 Å². The molecule has 2 nitrogen and oxygen atoms in total. The zero-order valence-corrected chi connectivity index (χ0v) is 12.1. The fraction of sp³-hybridized carbons (Fsp3) is 0.188. The summed E-state index contributed by atoms with van der Waals surface area (Å²) in [5.74, 6) is -2.17. The van der Waals surface area contributed by atoms with Crippen LogP contribution in [0.5, 0.6) is 0 Å². The largest absolute Gasteiger partial charge is 0.345 e. The number of hydrogen-bond donors (Lipinski definition) is 1. The molecule has 0 heterocycles. The molecular formula is C16H14ClF2NO. The normalized spacial score (nSPS) is 12.0. The summed E-state index contributed by atoms with van der Waals surface area (Å²) in [5, 5.41) is 3.34. The van der Waals surface area contributed by atoms with Crippen molar-refractivity contribution in [3.05, 3.63) is 70.2 Å². The average Bonchev–Trinajstić information content (AvgIpc) is 2.45. The minimum absolute atomic E-state index is 0.177. The molecule has 2 rings (SSSR count). The molecule has 1 amide bonds. The lowest BCUT2D eigenvalue weighted by Crippen LogP contribution is -2.28. The number of halogens is 3. The van der Waals surface area contributed by atoms with Crippen molar-refractivity contribution in [1.29, 1.82) is 0 Å². The molecule has 21 heavy (non-hydrogen) atoms. The van der Waals surface area contributed by atoms with E-state index in [4.69, 9.17) is 11.6 Å². The maximum absolute atomic E-state index is 13.6. The summed E-state index contributed by atoms with van der Waals surface area (Å²) < 4.78 is 26.5. The highest BCUT2D eigenvalue weighted by atomic mass is 35.5. The first kappa shape index (κ1) is 15.4. The summed E-state index contributed by atoms with van der Waals surface area (Å²) in [6, 6.07) is 9.68. The van der Waals surface area contributed by atoms with Gasteiger partial charge in [0.05, 0.1) is 11.6 Å². The van der Waals surface area contributed by atoms with E-state index in [0.717, 1.165) is 17.7 Å². The second-order valence-corrected chi connectivity index (χ2v) is 5.05. The summed E-state index contributed by atoms with van der Waals surface area (Å²) in [6.07, 6.45) is 0.635. The maximum atomic E-state index is 13.6. The van der Waals surface area contributed by atoms with E-state index in [9.17, 15) is 13.6 Å². The van der Waals surface area contributed by atoms with E-state index < -0.39 is 17.5 Å². The molecule has 2 aromatic rings. The van der Waals surface area contributed by atoms with E-state index in [1.165, 1.54) is 0 Å². The number of carbonyl (C=O) groups excluding carboxylic acids is 1. The zero-order valence-electron chi connectivity index (χ0n) is 11.4. The Bertz CT molecular complexity index is 643. The van der Waals surface area contributed by atoms with Crippen LogP contribution in [0.4, 0.5) is 8.78 Å². The van der Waals surface area contributed by atoms with Crippen LogP contribution in [0.3, 0.4) is 0 Å². The molecule has 0 aliphatic rings. The molecule has 0 radical (unpaired) electrons. The highest BCUT2D eigenvalue weighted by Crippen LogP contribution is 2.20. The third kappa shape index (κ3) is 3.79. The predicted molar refractivity (Wildman–Crippen MR) is 78.3 cm³/mol. The number of hydrogen-bond acceptors (Lipinski definition) is 1. The molecular weight excluding hydrogens is 296 g/mol. The first-order valence-electron chi connectivity index (χ1n) is 6.52. The van der Waals surface area contributed by atoms with E-state index in [0.29, 0.717) is 17.5 Å². The molecule has 5 heteroatoms. The minimum atomic E-state index is -0.876. The minimum Gasteiger partial charge on any atom is -0.345 e. The van der Waals surface area contributed by atoms with Gasteiger partial charge in [0, 0.05) is 11.1 Å². The molecule has 0 bridgehead atoms. The lowest BCUT2D eigenvalue weighted by Gasteiger charge is -2.18. The number of nitrogens with one attached hydrogen (secondary N) is 1. The second-order valence-electron chi connectivity index (χ2n) is 4.61. The lowest BCUT2D eigenvalue weighted by atomic mass is 10.0. The van der Waals surface area contributed by atoms with Crippen molar-refractivity contribution in [3.8, 4) is 0 Å². The second kappa shape index (κ2) is 6.68. The molecule has 0 aliphatic heterocycles. The Balaban J connectivity index is 2.18. The molecule has 1 N–H and O–H groups in total. The first-order chi connectivity index (χ1) is 10.0. The first-order valence-corrected chi connectivity index (χ1v) is 6.90. The molecule has 0 aliphatic carbocycles. The smallest absolute Gasteiger partial charge is 0.254 e. The quantitative estimate of drug-likeness (QED) is 0.885. The van der Waals surface area contributed by atoms with Gasteiger partial charge in [0.25, 0.3) is 5.91 Å². The van der Waals surface area contributed by atoms with Crippen molar-refractivity contribution in [2.75, 3.05) is 0 Å². The Labute approximate surface area is 126 Å². The van der Waals surface area contributed by atoms with E-state index in [2.05, 4.69) is 5.32 Å². The molecule has 1 unspecified atom stereocenters. The number of rotatable bonds is 4. The van der Waals surface area contributed by atoms with Gasteiger partial charge < -0.3 is 5.32 Å². The molecule has 110 valence electrons. The topological polar surface area (TPSA) is 29.1 Å². The van der Waals surface area contributed by atoms with Crippen LogP contribution in [0, 0.1) is 11.6 Å². The summed E-state index contributed by atoms with van der Waals surface area (Å²) in [4.78, 5) is 12.1. The maximum Gasteiger partial charge on any atom is 0.254 e. The van der Waals surface area contributed by atoms with Crippen LogP contribution in [0.1, 0.15) is 35.3 Å². The van der Waals surface area contributed by atoms with E-state index in [1.807, 2.05) is 6.92 Å². The molecule has 2 aromatic carbocycles. The van der Waals surface area contributed by atoms with Crippen LogP contribution >= 0.6 is 11.6 Å². The van der Waals surface area contributed by atoms with Crippen molar-refractivity contribution in [2.24, 2.45) is 0 Å². The summed E-state index contributed by atoms with van der Waals surface area (Å²) in [7, 11) is 0. The molecule has 0 saturated carbocycles. The molecule has 0 fully saturated rings. The van der Waals surface area contributed by atoms with Gasteiger partial charge in [-0.1, -0.05) is 30.7 Å². The monoisotopic (exact) mass is 309 g/mol. The fourth-order valence-electron chi connectivity index (χ4n) is 2.03. The number of benzene rings is 2. The molecule has 0 saturated heterocycles. The van der Waals surface area contributed by atoms with Crippen LogP contribution < -0.4 is 5.32 Å². The van der Waals surface area contributed by atoms with Gasteiger partial charge in [0.2, 0.25) is 0 Å². The van der Waals surface area contributed by atoms with Crippen LogP contribution in [-0.2, 0) is 0 Å². The Hall–Kier alpha value is -1.94. The van der Waals surface area contributed by atoms with Gasteiger partial charge in [-0.2, -0.15) is 0 Å². The van der Waals surface area contributed by atoms with Gasteiger partial charge in [0.15, 0.2) is 0 Å². The number of carbonyl (C=O) groups is 1. The van der Waals surface area contributed by atoms with Gasteiger partial charge in [-0.15, -0.1) is 0 Å². The van der Waals surface area contributed by atoms with Gasteiger partial charge in [-0.3, -0.25) is 4.79 Å². The van der Waals surface area contributed by atoms with Gasteiger partial charge >= 0.3 is 0 Å². The average molecular weight is 310 g/mol. The summed E-state index contributed by atoms with van der Waals surface area (Å²) >= 11 is 5.82.